The van der Waals surface area contributed by atoms with Gasteiger partial charge >= 0.3 is 0 Å². The van der Waals surface area contributed by atoms with Crippen LogP contribution in [0.25, 0.3) is 0 Å². The maximum Gasteiger partial charge on any atom is 0.246 e. The van der Waals surface area contributed by atoms with E-state index in [-0.39, 0.29) is 0 Å². The molecule has 0 saturated carbocycles. The number of hydrogen-bond acceptors (Lipinski definition) is 5. The Kier molecular flexibility index (Phi) is 4.82. The van der Waals surface area contributed by atoms with E-state index >= 15 is 0 Å². The molecule has 3 saturated heterocycles. The lowest BCUT2D eigenvalue weighted by molar-refractivity contribution is -0.335. The molecule has 5 heteroatoms. The van der Waals surface area contributed by atoms with Crippen LogP contribution in [0.15, 0.2) is 5.16 Å². The van der Waals surface area contributed by atoms with Crippen LogP contribution in [-0.4, -0.2) is 24.4 Å². The Morgan fingerprint density at radius 3 is 2.38 bits per heavy atom. The minimum atomic E-state index is -0.803. The van der Waals surface area contributed by atoms with Crippen LogP contribution in [0.5, 0.6) is 0 Å². The van der Waals surface area contributed by atoms with E-state index in [0.29, 0.717) is 0 Å². The Labute approximate surface area is 126 Å². The van der Waals surface area contributed by atoms with Gasteiger partial charge in [0.25, 0.3) is 0 Å². The molecule has 0 radical (unpaired) electrons. The average Bonchev–Trinajstić information content (AvgIpc) is 2.76. The van der Waals surface area contributed by atoms with Crippen LogP contribution in [0.2, 0.25) is 0 Å². The quantitative estimate of drug-likeness (QED) is 0.541. The Morgan fingerprint density at radius 2 is 1.57 bits per heavy atom. The van der Waals surface area contributed by atoms with Crippen LogP contribution in [-0.2, 0) is 19.3 Å². The molecule has 21 heavy (non-hydrogen) atoms. The minimum Gasteiger partial charge on any atom is -0.399 e. The fraction of sp³-hybridized carbons (Fsp3) is 0.938. The van der Waals surface area contributed by atoms with Crippen molar-refractivity contribution in [3.8, 4) is 0 Å². The molecule has 0 aromatic heterocycles. The minimum absolute atomic E-state index is 0.555. The van der Waals surface area contributed by atoms with Crippen molar-refractivity contribution in [2.75, 3.05) is 7.11 Å². The summed E-state index contributed by atoms with van der Waals surface area (Å²) in [6.07, 6.45) is 13.2. The molecule has 0 aromatic carbocycles. The molecule has 3 fully saturated rings. The van der Waals surface area contributed by atoms with Gasteiger partial charge in [-0.2, -0.15) is 9.78 Å². The first-order chi connectivity index (χ1) is 10.3. The van der Waals surface area contributed by atoms with E-state index in [1.165, 1.54) is 32.1 Å². The first kappa shape index (κ1) is 15.3. The number of rotatable bonds is 1. The summed E-state index contributed by atoms with van der Waals surface area (Å²) >= 11 is 0. The summed E-state index contributed by atoms with van der Waals surface area (Å²) in [5, 5.41) is 4.21. The van der Waals surface area contributed by atoms with Gasteiger partial charge in [0.1, 0.15) is 12.8 Å². The highest BCUT2D eigenvalue weighted by atomic mass is 17.3. The molecular formula is C16H27NO4. The van der Waals surface area contributed by atoms with Gasteiger partial charge in [-0.1, -0.05) is 37.3 Å². The van der Waals surface area contributed by atoms with Crippen LogP contribution < -0.4 is 0 Å². The third-order valence-corrected chi connectivity index (χ3v) is 4.86. The lowest BCUT2D eigenvalue weighted by Crippen LogP contribution is -2.46. The summed E-state index contributed by atoms with van der Waals surface area (Å²) in [4.78, 5) is 16.4. The number of hydrogen-bond donors (Lipinski definition) is 0. The normalized spacial score (nSPS) is 40.1. The van der Waals surface area contributed by atoms with E-state index in [2.05, 4.69) is 5.16 Å². The van der Waals surface area contributed by atoms with Crippen LogP contribution in [0, 0.1) is 0 Å². The lowest BCUT2D eigenvalue weighted by atomic mass is 9.92. The molecule has 0 amide bonds. The second-order valence-electron chi connectivity index (χ2n) is 6.48. The molecule has 3 aliphatic rings. The van der Waals surface area contributed by atoms with Crippen molar-refractivity contribution >= 4 is 5.71 Å². The molecule has 3 heterocycles. The summed E-state index contributed by atoms with van der Waals surface area (Å²) in [5.41, 5.74) is 0.853. The largest absolute Gasteiger partial charge is 0.399 e. The Bertz CT molecular complexity index is 386. The smallest absolute Gasteiger partial charge is 0.246 e. The molecule has 2 bridgehead atoms. The van der Waals surface area contributed by atoms with Gasteiger partial charge in [-0.05, 0) is 25.7 Å². The standard InChI is InChI=1S/C16H27NO4/c1-18-17-14-10-7-5-3-2-4-6-8-11-15-12-9-13-16(14,19-15)21-20-15/h2-13H2,1H3/b17-14+. The number of ether oxygens (including phenoxy) is 1. The van der Waals surface area contributed by atoms with Gasteiger partial charge in [-0.3, -0.25) is 0 Å². The van der Waals surface area contributed by atoms with E-state index in [9.17, 15) is 0 Å². The van der Waals surface area contributed by atoms with Gasteiger partial charge in [-0.15, -0.1) is 0 Å². The first-order valence-corrected chi connectivity index (χ1v) is 8.46. The van der Waals surface area contributed by atoms with Crippen LogP contribution >= 0.6 is 0 Å². The molecule has 0 aliphatic carbocycles. The average molecular weight is 297 g/mol. The van der Waals surface area contributed by atoms with E-state index < -0.39 is 11.6 Å². The monoisotopic (exact) mass is 297 g/mol. The number of nitrogens with zero attached hydrogens (tertiary/aromatic N) is 1. The second-order valence-corrected chi connectivity index (χ2v) is 6.48. The molecule has 0 aromatic rings. The van der Waals surface area contributed by atoms with Gasteiger partial charge in [0.05, 0.1) is 0 Å². The highest BCUT2D eigenvalue weighted by molar-refractivity contribution is 5.91. The van der Waals surface area contributed by atoms with Crippen LogP contribution in [0.1, 0.15) is 77.0 Å². The van der Waals surface area contributed by atoms with Crippen LogP contribution in [0.4, 0.5) is 0 Å². The summed E-state index contributed by atoms with van der Waals surface area (Å²) < 4.78 is 6.30. The van der Waals surface area contributed by atoms with E-state index in [0.717, 1.165) is 50.7 Å². The fourth-order valence-corrected chi connectivity index (χ4v) is 3.71. The van der Waals surface area contributed by atoms with Gasteiger partial charge in [0.2, 0.25) is 11.6 Å². The van der Waals surface area contributed by atoms with Crippen LogP contribution in [0.3, 0.4) is 0 Å². The van der Waals surface area contributed by atoms with Crippen molar-refractivity contribution in [1.82, 2.24) is 0 Å². The lowest BCUT2D eigenvalue weighted by Gasteiger charge is -2.34. The predicted octanol–water partition coefficient (Wildman–Crippen LogP) is 4.07. The maximum absolute atomic E-state index is 6.30. The highest BCUT2D eigenvalue weighted by Gasteiger charge is 2.58. The Morgan fingerprint density at radius 1 is 0.857 bits per heavy atom. The van der Waals surface area contributed by atoms with Crippen molar-refractivity contribution in [2.24, 2.45) is 5.16 Å². The third-order valence-electron chi connectivity index (χ3n) is 4.86. The summed E-state index contributed by atoms with van der Waals surface area (Å²) in [6, 6.07) is 0. The zero-order valence-corrected chi connectivity index (χ0v) is 13.1. The maximum atomic E-state index is 6.30. The predicted molar refractivity (Wildman–Crippen MR) is 78.6 cm³/mol. The van der Waals surface area contributed by atoms with E-state index in [4.69, 9.17) is 19.3 Å². The second kappa shape index (κ2) is 6.63. The summed E-state index contributed by atoms with van der Waals surface area (Å²) in [7, 11) is 1.58. The summed E-state index contributed by atoms with van der Waals surface area (Å²) in [6.45, 7) is 0. The molecule has 2 atom stereocenters. The molecule has 2 unspecified atom stereocenters. The van der Waals surface area contributed by atoms with Gasteiger partial charge < -0.3 is 9.57 Å². The van der Waals surface area contributed by atoms with Gasteiger partial charge in [-0.25, -0.2) is 0 Å². The fourth-order valence-electron chi connectivity index (χ4n) is 3.71. The van der Waals surface area contributed by atoms with Crippen molar-refractivity contribution in [3.63, 3.8) is 0 Å². The Balaban J connectivity index is 1.80. The molecule has 120 valence electrons. The van der Waals surface area contributed by atoms with Gasteiger partial charge in [0, 0.05) is 19.3 Å². The number of oxime groups is 1. The van der Waals surface area contributed by atoms with E-state index in [1.807, 2.05) is 0 Å². The third kappa shape index (κ3) is 3.25. The summed E-state index contributed by atoms with van der Waals surface area (Å²) in [5.74, 6) is -1.36. The topological polar surface area (TPSA) is 49.3 Å². The molecule has 3 aliphatic heterocycles. The molecule has 0 N–H and O–H groups in total. The first-order valence-electron chi connectivity index (χ1n) is 8.46. The van der Waals surface area contributed by atoms with Crippen molar-refractivity contribution in [3.05, 3.63) is 0 Å². The van der Waals surface area contributed by atoms with Crippen molar-refractivity contribution < 1.29 is 19.3 Å². The molecule has 0 spiro atoms. The van der Waals surface area contributed by atoms with Crippen molar-refractivity contribution in [1.29, 1.82) is 0 Å². The molecule has 3 rings (SSSR count). The van der Waals surface area contributed by atoms with Crippen molar-refractivity contribution in [2.45, 2.75) is 88.6 Å². The highest BCUT2D eigenvalue weighted by Crippen LogP contribution is 2.48. The molecule has 5 nitrogen and oxygen atoms in total. The SMILES string of the molecule is CO/N=C1\CCCCCCCCCC23CCCC1(OO2)O3. The molecular weight excluding hydrogens is 270 g/mol. The van der Waals surface area contributed by atoms with Gasteiger partial charge in [0.15, 0.2) is 0 Å². The zero-order chi connectivity index (χ0) is 14.6. The Hall–Kier alpha value is -0.650. The zero-order valence-electron chi connectivity index (χ0n) is 13.1. The van der Waals surface area contributed by atoms with E-state index in [1.54, 1.807) is 7.11 Å².